The number of hydrogen-bond acceptors (Lipinski definition) is 1. The van der Waals surface area contributed by atoms with Gasteiger partial charge in [0.2, 0.25) is 0 Å². The van der Waals surface area contributed by atoms with Crippen molar-refractivity contribution < 1.29 is 14.4 Å². The maximum Gasteiger partial charge on any atom is 0.325 e. The minimum absolute atomic E-state index is 0.0467. The summed E-state index contributed by atoms with van der Waals surface area (Å²) in [4.78, 5) is 17.1. The van der Waals surface area contributed by atoms with Gasteiger partial charge in [-0.3, -0.25) is 4.57 Å². The van der Waals surface area contributed by atoms with Crippen molar-refractivity contribution in [1.82, 2.24) is 0 Å². The summed E-state index contributed by atoms with van der Waals surface area (Å²) < 4.78 is 10.4. The molecule has 12 heavy (non-hydrogen) atoms. The van der Waals surface area contributed by atoms with Gasteiger partial charge in [0.05, 0.1) is 0 Å². The molecule has 0 saturated carbocycles. The molecule has 0 atom stereocenters. The van der Waals surface area contributed by atoms with Crippen molar-refractivity contribution in [2.75, 3.05) is 6.16 Å². The fourth-order valence-corrected chi connectivity index (χ4v) is 1.68. The Morgan fingerprint density at radius 3 is 2.17 bits per heavy atom. The predicted octanol–water partition coefficient (Wildman–Crippen LogP) is 2.38. The van der Waals surface area contributed by atoms with Gasteiger partial charge in [-0.05, 0) is 12.3 Å². The van der Waals surface area contributed by atoms with Gasteiger partial charge in [0.1, 0.15) is 0 Å². The summed E-state index contributed by atoms with van der Waals surface area (Å²) in [6.45, 7) is 4.31. The Hall–Kier alpha value is 0.150. The van der Waals surface area contributed by atoms with E-state index in [2.05, 4.69) is 13.8 Å². The van der Waals surface area contributed by atoms with Crippen LogP contribution in [0, 0.1) is 5.92 Å². The molecule has 0 aromatic rings. The van der Waals surface area contributed by atoms with Crippen molar-refractivity contribution in [1.29, 1.82) is 0 Å². The highest BCUT2D eigenvalue weighted by Crippen LogP contribution is 2.35. The maximum absolute atomic E-state index is 10.4. The Bertz CT molecular complexity index is 150. The molecular weight excluding hydrogens is 175 g/mol. The molecule has 2 N–H and O–H groups in total. The van der Waals surface area contributed by atoms with Crippen LogP contribution in [0.15, 0.2) is 0 Å². The fraction of sp³-hybridized carbons (Fsp3) is 1.00. The smallest absolute Gasteiger partial charge is 0.324 e. The Morgan fingerprint density at radius 1 is 1.17 bits per heavy atom. The van der Waals surface area contributed by atoms with E-state index in [-0.39, 0.29) is 6.16 Å². The molecule has 3 nitrogen and oxygen atoms in total. The highest BCUT2D eigenvalue weighted by atomic mass is 31.2. The predicted molar refractivity (Wildman–Crippen MR) is 50.2 cm³/mol. The lowest BCUT2D eigenvalue weighted by Gasteiger charge is -2.05. The monoisotopic (exact) mass is 194 g/mol. The van der Waals surface area contributed by atoms with Gasteiger partial charge in [-0.25, -0.2) is 0 Å². The van der Waals surface area contributed by atoms with E-state index in [4.69, 9.17) is 9.79 Å². The molecule has 0 unspecified atom stereocenters. The second-order valence-corrected chi connectivity index (χ2v) is 5.41. The molecule has 0 fully saturated rings. The molecule has 0 aromatic carbocycles. The van der Waals surface area contributed by atoms with Gasteiger partial charge < -0.3 is 9.79 Å². The first-order valence-electron chi connectivity index (χ1n) is 4.46. The minimum Gasteiger partial charge on any atom is -0.324 e. The molecule has 0 radical (unpaired) electrons. The zero-order chi connectivity index (χ0) is 9.61. The van der Waals surface area contributed by atoms with Crippen LogP contribution in [0.4, 0.5) is 0 Å². The van der Waals surface area contributed by atoms with Crippen LogP contribution in [0.3, 0.4) is 0 Å². The van der Waals surface area contributed by atoms with E-state index in [1.54, 1.807) is 0 Å². The largest absolute Gasteiger partial charge is 0.325 e. The first-order valence-corrected chi connectivity index (χ1v) is 6.26. The van der Waals surface area contributed by atoms with Crippen LogP contribution in [-0.2, 0) is 4.57 Å². The van der Waals surface area contributed by atoms with Crippen LogP contribution in [0.2, 0.25) is 0 Å². The lowest BCUT2D eigenvalue weighted by atomic mass is 10.1. The summed E-state index contributed by atoms with van der Waals surface area (Å²) in [5, 5.41) is 0. The Morgan fingerprint density at radius 2 is 1.75 bits per heavy atom. The lowest BCUT2D eigenvalue weighted by Crippen LogP contribution is -1.90. The summed E-state index contributed by atoms with van der Waals surface area (Å²) in [6, 6.07) is 0. The van der Waals surface area contributed by atoms with E-state index in [1.165, 1.54) is 0 Å². The maximum atomic E-state index is 10.4. The summed E-state index contributed by atoms with van der Waals surface area (Å²) in [5.74, 6) is 0.694. The normalized spacial score (nSPS) is 12.4. The Balaban J connectivity index is 3.17. The quantitative estimate of drug-likeness (QED) is 0.504. The number of hydrogen-bond donors (Lipinski definition) is 2. The van der Waals surface area contributed by atoms with Gasteiger partial charge in [-0.15, -0.1) is 0 Å². The third-order valence-corrected chi connectivity index (χ3v) is 2.63. The standard InChI is InChI=1S/C8H19O3P/c1-8(2)6-4-3-5-7-12(9,10)11/h8H,3-7H2,1-2H3,(H2,9,10,11). The van der Waals surface area contributed by atoms with Crippen LogP contribution >= 0.6 is 7.60 Å². The zero-order valence-corrected chi connectivity index (χ0v) is 8.76. The summed E-state index contributed by atoms with van der Waals surface area (Å²) in [6.07, 6.45) is 3.87. The van der Waals surface area contributed by atoms with Crippen molar-refractivity contribution in [3.05, 3.63) is 0 Å². The van der Waals surface area contributed by atoms with Crippen molar-refractivity contribution in [3.63, 3.8) is 0 Å². The molecule has 0 aromatic heterocycles. The van der Waals surface area contributed by atoms with E-state index in [9.17, 15) is 4.57 Å². The van der Waals surface area contributed by atoms with Crippen molar-refractivity contribution in [2.24, 2.45) is 5.92 Å². The summed E-state index contributed by atoms with van der Waals surface area (Å²) >= 11 is 0. The summed E-state index contributed by atoms with van der Waals surface area (Å²) in [5.41, 5.74) is 0. The molecule has 0 aliphatic heterocycles. The highest BCUT2D eigenvalue weighted by molar-refractivity contribution is 7.51. The molecule has 0 aliphatic rings. The molecule has 0 aliphatic carbocycles. The third-order valence-electron chi connectivity index (χ3n) is 1.73. The lowest BCUT2D eigenvalue weighted by molar-refractivity contribution is 0.370. The summed E-state index contributed by atoms with van der Waals surface area (Å²) in [7, 11) is -3.73. The molecular formula is C8H19O3P. The van der Waals surface area contributed by atoms with Crippen LogP contribution in [0.1, 0.15) is 39.5 Å². The van der Waals surface area contributed by atoms with Gasteiger partial charge in [-0.2, -0.15) is 0 Å². The van der Waals surface area contributed by atoms with E-state index in [1.807, 2.05) is 0 Å². The van der Waals surface area contributed by atoms with Crippen molar-refractivity contribution in [3.8, 4) is 0 Å². The minimum atomic E-state index is -3.73. The SMILES string of the molecule is CC(C)CCCCCP(=O)(O)O. The molecule has 0 bridgehead atoms. The Labute approximate surface area is 74.3 Å². The first-order chi connectivity index (χ1) is 5.42. The second kappa shape index (κ2) is 5.74. The van der Waals surface area contributed by atoms with Gasteiger partial charge in [0.15, 0.2) is 0 Å². The molecule has 74 valence electrons. The molecule has 0 spiro atoms. The zero-order valence-electron chi connectivity index (χ0n) is 7.86. The molecule has 0 saturated heterocycles. The molecule has 0 rings (SSSR count). The van der Waals surface area contributed by atoms with Gasteiger partial charge in [0, 0.05) is 6.16 Å². The van der Waals surface area contributed by atoms with Crippen molar-refractivity contribution in [2.45, 2.75) is 39.5 Å². The van der Waals surface area contributed by atoms with E-state index in [0.717, 1.165) is 19.3 Å². The Kier molecular flexibility index (Phi) is 5.81. The van der Waals surface area contributed by atoms with Gasteiger partial charge >= 0.3 is 7.60 Å². The number of rotatable bonds is 6. The second-order valence-electron chi connectivity index (χ2n) is 3.63. The van der Waals surface area contributed by atoms with E-state index >= 15 is 0 Å². The van der Waals surface area contributed by atoms with Gasteiger partial charge in [-0.1, -0.05) is 33.1 Å². The van der Waals surface area contributed by atoms with Crippen LogP contribution in [0.25, 0.3) is 0 Å². The van der Waals surface area contributed by atoms with Gasteiger partial charge in [0.25, 0.3) is 0 Å². The van der Waals surface area contributed by atoms with Crippen LogP contribution in [0.5, 0.6) is 0 Å². The van der Waals surface area contributed by atoms with E-state index < -0.39 is 7.60 Å². The van der Waals surface area contributed by atoms with E-state index in [0.29, 0.717) is 12.3 Å². The third kappa shape index (κ3) is 10.2. The fourth-order valence-electron chi connectivity index (χ4n) is 1.05. The first kappa shape index (κ1) is 12.2. The highest BCUT2D eigenvalue weighted by Gasteiger charge is 2.10. The topological polar surface area (TPSA) is 57.5 Å². The van der Waals surface area contributed by atoms with Crippen molar-refractivity contribution >= 4 is 7.60 Å². The van der Waals surface area contributed by atoms with Crippen LogP contribution < -0.4 is 0 Å². The molecule has 4 heteroatoms. The van der Waals surface area contributed by atoms with Crippen LogP contribution in [-0.4, -0.2) is 15.9 Å². The number of unbranched alkanes of at least 4 members (excludes halogenated alkanes) is 2. The average Bonchev–Trinajstić information content (AvgIpc) is 1.83. The average molecular weight is 194 g/mol. The molecule has 0 heterocycles. The molecule has 0 amide bonds.